The van der Waals surface area contributed by atoms with E-state index in [0.717, 1.165) is 31.2 Å². The van der Waals surface area contributed by atoms with E-state index in [4.69, 9.17) is 8.92 Å². The summed E-state index contributed by atoms with van der Waals surface area (Å²) < 4.78 is 37.2. The molecule has 4 saturated carbocycles. The molecule has 0 heterocycles. The number of hydrogen-bond donors (Lipinski definition) is 2. The third kappa shape index (κ3) is 5.83. The van der Waals surface area contributed by atoms with Crippen LogP contribution < -0.4 is 0 Å². The smallest absolute Gasteiger partial charge is 0.305 e. The summed E-state index contributed by atoms with van der Waals surface area (Å²) in [5.41, 5.74) is 0.625. The second kappa shape index (κ2) is 11.7. The molecule has 0 bridgehead atoms. The number of esters is 1. The molecule has 1 aromatic rings. The number of rotatable bonds is 7. The lowest BCUT2D eigenvalue weighted by Gasteiger charge is -2.63. The Morgan fingerprint density at radius 2 is 1.70 bits per heavy atom. The van der Waals surface area contributed by atoms with Crippen LogP contribution in [-0.2, 0) is 29.2 Å². The van der Waals surface area contributed by atoms with Crippen LogP contribution in [0.1, 0.15) is 105 Å². The van der Waals surface area contributed by atoms with Gasteiger partial charge in [0.05, 0.1) is 30.3 Å². The van der Waals surface area contributed by atoms with Crippen LogP contribution >= 0.6 is 0 Å². The van der Waals surface area contributed by atoms with Gasteiger partial charge in [-0.1, -0.05) is 53.7 Å². The molecule has 11 atom stereocenters. The van der Waals surface area contributed by atoms with Crippen LogP contribution in [0.5, 0.6) is 0 Å². The lowest BCUT2D eigenvalue weighted by Crippen LogP contribution is -2.62. The summed E-state index contributed by atoms with van der Waals surface area (Å²) >= 11 is 0. The van der Waals surface area contributed by atoms with Crippen molar-refractivity contribution in [3.05, 3.63) is 29.8 Å². The van der Waals surface area contributed by atoms with Crippen LogP contribution in [0.15, 0.2) is 29.2 Å². The van der Waals surface area contributed by atoms with Gasteiger partial charge in [0, 0.05) is 6.42 Å². The highest BCUT2D eigenvalue weighted by molar-refractivity contribution is 7.86. The van der Waals surface area contributed by atoms with Gasteiger partial charge < -0.3 is 14.9 Å². The van der Waals surface area contributed by atoms with Crippen LogP contribution in [0, 0.1) is 46.3 Å². The quantitative estimate of drug-likeness (QED) is 0.275. The molecule has 0 aliphatic heterocycles. The first kappa shape index (κ1) is 32.9. The van der Waals surface area contributed by atoms with Crippen LogP contribution in [-0.4, -0.2) is 50.0 Å². The minimum absolute atomic E-state index is 0.0665. The van der Waals surface area contributed by atoms with Gasteiger partial charge >= 0.3 is 5.97 Å². The van der Waals surface area contributed by atoms with Crippen molar-refractivity contribution in [2.24, 2.45) is 46.3 Å². The molecule has 4 aliphatic rings. The molecular weight excluding hydrogens is 564 g/mol. The van der Waals surface area contributed by atoms with Gasteiger partial charge in [0.1, 0.15) is 0 Å². The molecule has 4 fully saturated rings. The van der Waals surface area contributed by atoms with Crippen molar-refractivity contribution in [3.63, 3.8) is 0 Å². The summed E-state index contributed by atoms with van der Waals surface area (Å²) in [7, 11) is -2.48. The zero-order chi connectivity index (χ0) is 31.5. The van der Waals surface area contributed by atoms with Gasteiger partial charge in [-0.2, -0.15) is 8.42 Å². The van der Waals surface area contributed by atoms with Crippen molar-refractivity contribution < 1.29 is 32.3 Å². The van der Waals surface area contributed by atoms with Gasteiger partial charge in [0.2, 0.25) is 0 Å². The molecule has 0 spiro atoms. The van der Waals surface area contributed by atoms with Gasteiger partial charge in [0.15, 0.2) is 0 Å². The molecule has 0 amide bonds. The number of ether oxygens (including phenoxy) is 1. The molecular formula is C35H54O7S. The maximum Gasteiger partial charge on any atom is 0.305 e. The molecule has 8 heteroatoms. The van der Waals surface area contributed by atoms with Crippen molar-refractivity contribution in [1.29, 1.82) is 0 Å². The molecule has 0 saturated heterocycles. The Morgan fingerprint density at radius 3 is 2.33 bits per heavy atom. The Kier molecular flexibility index (Phi) is 8.96. The lowest BCUT2D eigenvalue weighted by molar-refractivity contribution is -0.206. The molecule has 0 aromatic heterocycles. The van der Waals surface area contributed by atoms with E-state index in [0.29, 0.717) is 38.0 Å². The fraction of sp³-hybridized carbons (Fsp3) is 0.800. The second-order valence-electron chi connectivity index (χ2n) is 15.9. The number of aliphatic hydroxyl groups excluding tert-OH is 2. The Bertz CT molecular complexity index is 1270. The predicted molar refractivity (Wildman–Crippen MR) is 166 cm³/mol. The summed E-state index contributed by atoms with van der Waals surface area (Å²) in [4.78, 5) is 12.0. The first-order valence-corrected chi connectivity index (χ1v) is 17.9. The SMILES string of the molecule is COC(=O)CC[C@@H](C)[C@H]1CC[C@H]2C3C(C[C@H](O)[C@]12C)[C@@]1(C)CC[C@@H](OS(=O)(=O)c2ccc(C(C)(C)C)cc2)C[C@H]1C[C@H]3O. The zero-order valence-electron chi connectivity index (χ0n) is 27.2. The molecule has 4 aliphatic carbocycles. The topological polar surface area (TPSA) is 110 Å². The molecule has 0 radical (unpaired) electrons. The van der Waals surface area contributed by atoms with E-state index in [1.54, 1.807) is 12.1 Å². The average Bonchev–Trinajstić information content (AvgIpc) is 3.30. The van der Waals surface area contributed by atoms with E-state index in [-0.39, 0.29) is 56.7 Å². The van der Waals surface area contributed by atoms with Crippen molar-refractivity contribution in [3.8, 4) is 0 Å². The highest BCUT2D eigenvalue weighted by atomic mass is 32.2. The van der Waals surface area contributed by atoms with E-state index >= 15 is 0 Å². The van der Waals surface area contributed by atoms with Crippen LogP contribution in [0.4, 0.5) is 0 Å². The van der Waals surface area contributed by atoms with Gasteiger partial charge in [-0.3, -0.25) is 8.98 Å². The minimum atomic E-state index is -3.90. The van der Waals surface area contributed by atoms with Crippen LogP contribution in [0.3, 0.4) is 0 Å². The summed E-state index contributed by atoms with van der Waals surface area (Å²) in [6, 6.07) is 7.01. The molecule has 43 heavy (non-hydrogen) atoms. The summed E-state index contributed by atoms with van der Waals surface area (Å²) in [5.74, 6) is 1.05. The van der Waals surface area contributed by atoms with Crippen LogP contribution in [0.2, 0.25) is 0 Å². The third-order valence-electron chi connectivity index (χ3n) is 12.8. The number of carbonyl (C=O) groups is 1. The molecule has 1 aromatic carbocycles. The lowest BCUT2D eigenvalue weighted by atomic mass is 9.43. The van der Waals surface area contributed by atoms with Crippen molar-refractivity contribution >= 4 is 16.1 Å². The standard InChI is InChI=1S/C35H54O7S/c1-21(8-15-31(38)41-7)26-13-14-27-32-28(20-30(37)35(26,27)6)34(5)17-16-24(18-23(34)19-29(32)36)42-43(39,40)25-11-9-22(10-12-25)33(2,3)4/h9-12,21,23-24,26-30,32,36-37H,8,13-20H2,1-7H3/t21-,23+,24-,26-,27+,28?,29-,30+,32?,34+,35-/m1/s1. The first-order chi connectivity index (χ1) is 20.0. The number of carbonyl (C=O) groups excluding carboxylic acids is 1. The highest BCUT2D eigenvalue weighted by Crippen LogP contribution is 2.68. The van der Waals surface area contributed by atoms with Crippen molar-refractivity contribution in [2.75, 3.05) is 7.11 Å². The molecule has 7 nitrogen and oxygen atoms in total. The number of benzene rings is 1. The predicted octanol–water partition coefficient (Wildman–Crippen LogP) is 6.25. The van der Waals surface area contributed by atoms with E-state index in [1.165, 1.54) is 7.11 Å². The number of fused-ring (bicyclic) bond motifs is 5. The van der Waals surface area contributed by atoms with Crippen molar-refractivity contribution in [1.82, 2.24) is 0 Å². The van der Waals surface area contributed by atoms with E-state index < -0.39 is 28.4 Å². The maximum atomic E-state index is 13.3. The summed E-state index contributed by atoms with van der Waals surface area (Å²) in [5, 5.41) is 23.6. The molecule has 242 valence electrons. The largest absolute Gasteiger partial charge is 0.469 e. The molecule has 2 unspecified atom stereocenters. The van der Waals surface area contributed by atoms with E-state index in [1.807, 2.05) is 12.1 Å². The van der Waals surface area contributed by atoms with Gasteiger partial charge in [-0.25, -0.2) is 0 Å². The Labute approximate surface area is 259 Å². The van der Waals surface area contributed by atoms with E-state index in [9.17, 15) is 23.4 Å². The first-order valence-electron chi connectivity index (χ1n) is 16.5. The second-order valence-corrected chi connectivity index (χ2v) is 17.5. The monoisotopic (exact) mass is 618 g/mol. The fourth-order valence-electron chi connectivity index (χ4n) is 10.2. The summed E-state index contributed by atoms with van der Waals surface area (Å²) in [6.45, 7) is 13.0. The van der Waals surface area contributed by atoms with Gasteiger partial charge in [0.25, 0.3) is 10.1 Å². The molecule has 5 rings (SSSR count). The van der Waals surface area contributed by atoms with Gasteiger partial charge in [-0.05, 0) is 121 Å². The Morgan fingerprint density at radius 1 is 1.02 bits per heavy atom. The summed E-state index contributed by atoms with van der Waals surface area (Å²) in [6.07, 6.45) is 5.12. The van der Waals surface area contributed by atoms with Crippen molar-refractivity contribution in [2.45, 2.75) is 128 Å². The fourth-order valence-corrected chi connectivity index (χ4v) is 11.3. The molecule has 2 N–H and O–H groups in total. The number of aliphatic hydroxyl groups is 2. The Balaban J connectivity index is 1.29. The highest BCUT2D eigenvalue weighted by Gasteiger charge is 2.65. The average molecular weight is 619 g/mol. The Hall–Kier alpha value is -1.48. The number of hydrogen-bond acceptors (Lipinski definition) is 7. The third-order valence-corrected chi connectivity index (χ3v) is 14.2. The maximum absolute atomic E-state index is 13.3. The number of methoxy groups -OCH3 is 1. The van der Waals surface area contributed by atoms with Crippen LogP contribution in [0.25, 0.3) is 0 Å². The normalized spacial score (nSPS) is 40.2. The van der Waals surface area contributed by atoms with E-state index in [2.05, 4.69) is 41.5 Å². The van der Waals surface area contributed by atoms with Gasteiger partial charge in [-0.15, -0.1) is 0 Å². The minimum Gasteiger partial charge on any atom is -0.469 e. The zero-order valence-corrected chi connectivity index (χ0v) is 28.0.